The molecule has 0 saturated carbocycles. The van der Waals surface area contributed by atoms with Crippen molar-refractivity contribution in [2.24, 2.45) is 5.92 Å². The van der Waals surface area contributed by atoms with Gasteiger partial charge < -0.3 is 25.4 Å². The SMILES string of the molecule is CC(=O)NC1C(O)C(O)C(CO)OC1C(C)C. The van der Waals surface area contributed by atoms with Crippen molar-refractivity contribution < 1.29 is 24.9 Å². The number of hydrogen-bond donors (Lipinski definition) is 4. The van der Waals surface area contributed by atoms with Crippen molar-refractivity contribution in [1.82, 2.24) is 5.32 Å². The maximum absolute atomic E-state index is 11.1. The van der Waals surface area contributed by atoms with Gasteiger partial charge in [0.2, 0.25) is 5.91 Å². The van der Waals surface area contributed by atoms with Gasteiger partial charge in [-0.3, -0.25) is 4.79 Å². The van der Waals surface area contributed by atoms with Gasteiger partial charge in [0, 0.05) is 6.92 Å². The quantitative estimate of drug-likeness (QED) is 0.493. The fraction of sp³-hybridized carbons (Fsp3) is 0.909. The molecule has 6 heteroatoms. The lowest BCUT2D eigenvalue weighted by atomic mass is 9.87. The smallest absolute Gasteiger partial charge is 0.217 e. The Hall–Kier alpha value is -0.690. The van der Waals surface area contributed by atoms with Crippen LogP contribution in [0.15, 0.2) is 0 Å². The minimum absolute atomic E-state index is 0.0445. The van der Waals surface area contributed by atoms with Gasteiger partial charge in [0.15, 0.2) is 0 Å². The molecule has 100 valence electrons. The fourth-order valence-electron chi connectivity index (χ4n) is 2.12. The van der Waals surface area contributed by atoms with Crippen LogP contribution in [0, 0.1) is 5.92 Å². The number of nitrogens with one attached hydrogen (secondary N) is 1. The molecule has 0 spiro atoms. The first-order valence-corrected chi connectivity index (χ1v) is 5.78. The molecule has 17 heavy (non-hydrogen) atoms. The lowest BCUT2D eigenvalue weighted by molar-refractivity contribution is -0.204. The highest BCUT2D eigenvalue weighted by Crippen LogP contribution is 2.25. The summed E-state index contributed by atoms with van der Waals surface area (Å²) in [7, 11) is 0. The number of aliphatic hydroxyl groups excluding tert-OH is 3. The number of carbonyl (C=O) groups excluding carboxylic acids is 1. The van der Waals surface area contributed by atoms with E-state index in [4.69, 9.17) is 9.84 Å². The van der Waals surface area contributed by atoms with Crippen LogP contribution in [0.25, 0.3) is 0 Å². The first-order chi connectivity index (χ1) is 7.88. The molecule has 0 aromatic rings. The Balaban J connectivity index is 2.86. The Morgan fingerprint density at radius 2 is 1.94 bits per heavy atom. The summed E-state index contributed by atoms with van der Waals surface area (Å²) in [5.74, 6) is -0.249. The van der Waals surface area contributed by atoms with Gasteiger partial charge in [0.1, 0.15) is 18.3 Å². The molecule has 1 saturated heterocycles. The van der Waals surface area contributed by atoms with Crippen LogP contribution in [-0.4, -0.2) is 58.3 Å². The van der Waals surface area contributed by atoms with Crippen LogP contribution < -0.4 is 5.32 Å². The van der Waals surface area contributed by atoms with E-state index in [-0.39, 0.29) is 18.4 Å². The molecular weight excluding hydrogens is 226 g/mol. The van der Waals surface area contributed by atoms with E-state index in [1.54, 1.807) is 0 Å². The number of hydrogen-bond acceptors (Lipinski definition) is 5. The lowest BCUT2D eigenvalue weighted by Crippen LogP contribution is -2.65. The van der Waals surface area contributed by atoms with E-state index < -0.39 is 30.5 Å². The molecule has 0 bridgehead atoms. The van der Waals surface area contributed by atoms with Gasteiger partial charge in [0.25, 0.3) is 0 Å². The van der Waals surface area contributed by atoms with Crippen molar-refractivity contribution in [2.75, 3.05) is 6.61 Å². The van der Waals surface area contributed by atoms with Crippen LogP contribution in [0.4, 0.5) is 0 Å². The summed E-state index contributed by atoms with van der Waals surface area (Å²) in [6, 6.07) is -0.662. The molecule has 0 aliphatic carbocycles. The van der Waals surface area contributed by atoms with Gasteiger partial charge in [-0.25, -0.2) is 0 Å². The number of aliphatic hydroxyl groups is 3. The monoisotopic (exact) mass is 247 g/mol. The van der Waals surface area contributed by atoms with E-state index in [0.717, 1.165) is 0 Å². The first kappa shape index (κ1) is 14.4. The topological polar surface area (TPSA) is 99.0 Å². The normalized spacial score (nSPS) is 38.2. The number of rotatable bonds is 3. The Kier molecular flexibility index (Phi) is 4.88. The van der Waals surface area contributed by atoms with Gasteiger partial charge in [0.05, 0.1) is 18.8 Å². The van der Waals surface area contributed by atoms with Crippen molar-refractivity contribution in [2.45, 2.75) is 51.2 Å². The zero-order chi connectivity index (χ0) is 13.2. The predicted molar refractivity (Wildman–Crippen MR) is 60.2 cm³/mol. The first-order valence-electron chi connectivity index (χ1n) is 5.78. The number of ether oxygens (including phenoxy) is 1. The summed E-state index contributed by atoms with van der Waals surface area (Å²) in [6.07, 6.45) is -3.60. The minimum Gasteiger partial charge on any atom is -0.394 e. The van der Waals surface area contributed by atoms with Crippen LogP contribution in [0.3, 0.4) is 0 Å². The van der Waals surface area contributed by atoms with Gasteiger partial charge in [-0.2, -0.15) is 0 Å². The molecule has 0 radical (unpaired) electrons. The Morgan fingerprint density at radius 3 is 2.35 bits per heavy atom. The average Bonchev–Trinajstić information content (AvgIpc) is 2.24. The molecule has 1 heterocycles. The minimum atomic E-state index is -1.20. The van der Waals surface area contributed by atoms with Crippen LogP contribution in [0.1, 0.15) is 20.8 Å². The predicted octanol–water partition coefficient (Wildman–Crippen LogP) is -1.37. The van der Waals surface area contributed by atoms with Crippen LogP contribution in [0.5, 0.6) is 0 Å². The van der Waals surface area contributed by atoms with Crippen molar-refractivity contribution >= 4 is 5.91 Å². The summed E-state index contributed by atoms with van der Waals surface area (Å²) < 4.78 is 5.52. The third-order valence-electron chi connectivity index (χ3n) is 2.99. The molecule has 0 aromatic carbocycles. The highest BCUT2D eigenvalue weighted by molar-refractivity contribution is 5.73. The summed E-state index contributed by atoms with van der Waals surface area (Å²) >= 11 is 0. The maximum atomic E-state index is 11.1. The largest absolute Gasteiger partial charge is 0.394 e. The Bertz CT molecular complexity index is 271. The van der Waals surface area contributed by atoms with Gasteiger partial charge >= 0.3 is 0 Å². The molecule has 6 nitrogen and oxygen atoms in total. The zero-order valence-corrected chi connectivity index (χ0v) is 10.3. The Labute approximate surface area is 101 Å². The van der Waals surface area contributed by atoms with E-state index in [2.05, 4.69) is 5.32 Å². The third kappa shape index (κ3) is 3.16. The second kappa shape index (κ2) is 5.77. The second-order valence-electron chi connectivity index (χ2n) is 4.77. The highest BCUT2D eigenvalue weighted by Gasteiger charge is 2.45. The standard InChI is InChI=1S/C11H21NO5/c1-5(2)11-8(12-6(3)14)10(16)9(15)7(4-13)17-11/h5,7-11,13,15-16H,4H2,1-3H3,(H,12,14). The summed E-state index contributed by atoms with van der Waals surface area (Å²) in [4.78, 5) is 11.1. The molecule has 1 rings (SSSR count). The fourth-order valence-corrected chi connectivity index (χ4v) is 2.12. The lowest BCUT2D eigenvalue weighted by Gasteiger charge is -2.44. The van der Waals surface area contributed by atoms with Crippen molar-refractivity contribution in [3.63, 3.8) is 0 Å². The van der Waals surface area contributed by atoms with E-state index in [0.29, 0.717) is 0 Å². The molecule has 1 amide bonds. The maximum Gasteiger partial charge on any atom is 0.217 e. The van der Waals surface area contributed by atoms with Gasteiger partial charge in [-0.05, 0) is 5.92 Å². The molecule has 5 atom stereocenters. The molecule has 4 N–H and O–H groups in total. The number of amides is 1. The van der Waals surface area contributed by atoms with Crippen molar-refractivity contribution in [3.8, 4) is 0 Å². The second-order valence-corrected chi connectivity index (χ2v) is 4.77. The third-order valence-corrected chi connectivity index (χ3v) is 2.99. The van der Waals surface area contributed by atoms with E-state index in [1.807, 2.05) is 13.8 Å². The average molecular weight is 247 g/mol. The molecule has 1 aliphatic heterocycles. The molecule has 0 aromatic heterocycles. The van der Waals surface area contributed by atoms with Gasteiger partial charge in [-0.1, -0.05) is 13.8 Å². The van der Waals surface area contributed by atoms with Crippen molar-refractivity contribution in [1.29, 1.82) is 0 Å². The van der Waals surface area contributed by atoms with E-state index in [9.17, 15) is 15.0 Å². The molecular formula is C11H21NO5. The molecule has 1 aliphatic rings. The Morgan fingerprint density at radius 1 is 1.35 bits per heavy atom. The summed E-state index contributed by atoms with van der Waals surface area (Å²) in [6.45, 7) is 4.75. The highest BCUT2D eigenvalue weighted by atomic mass is 16.5. The van der Waals surface area contributed by atoms with E-state index >= 15 is 0 Å². The summed E-state index contributed by atoms with van der Waals surface area (Å²) in [5, 5.41) is 31.3. The van der Waals surface area contributed by atoms with Crippen molar-refractivity contribution in [3.05, 3.63) is 0 Å². The summed E-state index contributed by atoms with van der Waals surface area (Å²) in [5.41, 5.74) is 0. The molecule has 1 fully saturated rings. The van der Waals surface area contributed by atoms with E-state index in [1.165, 1.54) is 6.92 Å². The van der Waals surface area contributed by atoms with Crippen LogP contribution in [0.2, 0.25) is 0 Å². The van der Waals surface area contributed by atoms with Crippen LogP contribution >= 0.6 is 0 Å². The van der Waals surface area contributed by atoms with Crippen LogP contribution in [-0.2, 0) is 9.53 Å². The molecule has 5 unspecified atom stereocenters. The van der Waals surface area contributed by atoms with Gasteiger partial charge in [-0.15, -0.1) is 0 Å². The zero-order valence-electron chi connectivity index (χ0n) is 10.3. The number of carbonyl (C=O) groups is 1.